The molecule has 1 aliphatic carbocycles. The molecule has 1 fully saturated rings. The van der Waals surface area contributed by atoms with Crippen LogP contribution < -0.4 is 0 Å². The Morgan fingerprint density at radius 3 is 2.80 bits per heavy atom. The summed E-state index contributed by atoms with van der Waals surface area (Å²) in [6, 6.07) is 8.73. The van der Waals surface area contributed by atoms with Gasteiger partial charge in [0.25, 0.3) is 0 Å². The van der Waals surface area contributed by atoms with Gasteiger partial charge in [-0.3, -0.25) is 4.79 Å². The summed E-state index contributed by atoms with van der Waals surface area (Å²) in [6.07, 6.45) is 10.1. The monoisotopic (exact) mass is 272 g/mol. The number of hydrogen-bond donors (Lipinski definition) is 0. The fourth-order valence-corrected chi connectivity index (χ4v) is 2.71. The Balaban J connectivity index is 1.76. The molecule has 2 rings (SSSR count). The maximum absolute atomic E-state index is 11.2. The quantitative estimate of drug-likeness (QED) is 0.707. The van der Waals surface area contributed by atoms with Crippen molar-refractivity contribution in [1.29, 1.82) is 0 Å². The molecule has 1 saturated carbocycles. The Morgan fingerprint density at radius 1 is 1.30 bits per heavy atom. The summed E-state index contributed by atoms with van der Waals surface area (Å²) in [6.45, 7) is 0.777. The molecule has 1 aliphatic rings. The second-order valence-corrected chi connectivity index (χ2v) is 5.57. The van der Waals surface area contributed by atoms with Crippen molar-refractivity contribution in [3.05, 3.63) is 47.5 Å². The number of aryl methyl sites for hydroxylation is 1. The van der Waals surface area contributed by atoms with Crippen LogP contribution >= 0.6 is 0 Å². The van der Waals surface area contributed by atoms with E-state index in [0.29, 0.717) is 11.7 Å². The number of allylic oxidation sites excluding steroid dienone is 2. The zero-order valence-corrected chi connectivity index (χ0v) is 12.3. The summed E-state index contributed by atoms with van der Waals surface area (Å²) < 4.78 is 5.11. The van der Waals surface area contributed by atoms with Crippen LogP contribution in [0.15, 0.2) is 36.4 Å². The van der Waals surface area contributed by atoms with E-state index in [4.69, 9.17) is 4.74 Å². The van der Waals surface area contributed by atoms with Crippen molar-refractivity contribution in [2.75, 3.05) is 13.7 Å². The van der Waals surface area contributed by atoms with Gasteiger partial charge in [-0.25, -0.2) is 0 Å². The maximum atomic E-state index is 11.2. The zero-order chi connectivity index (χ0) is 14.2. The number of ether oxygens (including phenoxy) is 1. The first-order chi connectivity index (χ1) is 9.78. The summed E-state index contributed by atoms with van der Waals surface area (Å²) in [7, 11) is 1.74. The molecule has 0 bridgehead atoms. The number of benzene rings is 1. The predicted molar refractivity (Wildman–Crippen MR) is 81.8 cm³/mol. The molecule has 1 atom stereocenters. The van der Waals surface area contributed by atoms with E-state index in [9.17, 15) is 4.79 Å². The van der Waals surface area contributed by atoms with Gasteiger partial charge in [0, 0.05) is 20.0 Å². The van der Waals surface area contributed by atoms with E-state index in [0.717, 1.165) is 45.1 Å². The molecule has 0 saturated heterocycles. The summed E-state index contributed by atoms with van der Waals surface area (Å²) in [5, 5.41) is 0. The minimum Gasteiger partial charge on any atom is -0.384 e. The molecule has 1 aromatic carbocycles. The molecular weight excluding hydrogens is 248 g/mol. The van der Waals surface area contributed by atoms with E-state index in [1.807, 2.05) is 0 Å². The van der Waals surface area contributed by atoms with Gasteiger partial charge < -0.3 is 4.74 Å². The average molecular weight is 272 g/mol. The van der Waals surface area contributed by atoms with Crippen LogP contribution in [0.5, 0.6) is 0 Å². The molecule has 0 radical (unpaired) electrons. The number of hydrogen-bond acceptors (Lipinski definition) is 2. The summed E-state index contributed by atoms with van der Waals surface area (Å²) >= 11 is 0. The molecule has 1 aromatic rings. The second kappa shape index (κ2) is 8.01. The van der Waals surface area contributed by atoms with Gasteiger partial charge in [0.1, 0.15) is 5.78 Å². The molecular formula is C18H24O2. The Morgan fingerprint density at radius 2 is 2.10 bits per heavy atom. The highest BCUT2D eigenvalue weighted by molar-refractivity contribution is 5.80. The smallest absolute Gasteiger partial charge is 0.133 e. The highest BCUT2D eigenvalue weighted by Gasteiger charge is 2.18. The van der Waals surface area contributed by atoms with Gasteiger partial charge in [0.15, 0.2) is 0 Å². The second-order valence-electron chi connectivity index (χ2n) is 5.57. The van der Waals surface area contributed by atoms with Crippen LogP contribution in [0.1, 0.15) is 36.8 Å². The lowest BCUT2D eigenvalue weighted by molar-refractivity contribution is -0.117. The normalized spacial score (nSPS) is 19.1. The summed E-state index contributed by atoms with van der Waals surface area (Å²) in [4.78, 5) is 11.2. The molecule has 0 aromatic heterocycles. The van der Waals surface area contributed by atoms with Gasteiger partial charge in [0.2, 0.25) is 0 Å². The number of carbonyl (C=O) groups excluding carboxylic acids is 1. The zero-order valence-electron chi connectivity index (χ0n) is 12.3. The standard InChI is InChI=1S/C18H24O2/c1-20-12-11-17-8-4-7-15(13-17)5-2-3-6-16-9-10-18(19)14-16/h3-4,6-8,13,16H,2,5,9-12,14H2,1H3/b6-3+/t16-/m0/s1. The van der Waals surface area contributed by atoms with Gasteiger partial charge in [-0.2, -0.15) is 0 Å². The number of methoxy groups -OCH3 is 1. The lowest BCUT2D eigenvalue weighted by Gasteiger charge is -2.04. The number of ketones is 1. The van der Waals surface area contributed by atoms with Gasteiger partial charge >= 0.3 is 0 Å². The Bertz CT molecular complexity index is 462. The largest absolute Gasteiger partial charge is 0.384 e. The van der Waals surface area contributed by atoms with Crippen LogP contribution in [0.25, 0.3) is 0 Å². The highest BCUT2D eigenvalue weighted by atomic mass is 16.5. The molecule has 20 heavy (non-hydrogen) atoms. The minimum atomic E-state index is 0.422. The molecule has 108 valence electrons. The summed E-state index contributed by atoms with van der Waals surface area (Å²) in [5.74, 6) is 0.918. The van der Waals surface area contributed by atoms with Crippen LogP contribution in [-0.2, 0) is 22.4 Å². The SMILES string of the molecule is COCCc1cccc(CC/C=C/[C@H]2CCC(=O)C2)c1. The third-order valence-electron chi connectivity index (χ3n) is 3.88. The van der Waals surface area contributed by atoms with E-state index >= 15 is 0 Å². The van der Waals surface area contributed by atoms with Crippen molar-refractivity contribution in [3.8, 4) is 0 Å². The molecule has 0 heterocycles. The van der Waals surface area contributed by atoms with Crippen molar-refractivity contribution in [2.45, 2.75) is 38.5 Å². The predicted octanol–water partition coefficient (Wildman–Crippen LogP) is 3.73. The lowest BCUT2D eigenvalue weighted by atomic mass is 10.0. The van der Waals surface area contributed by atoms with Crippen molar-refractivity contribution in [2.24, 2.45) is 5.92 Å². The lowest BCUT2D eigenvalue weighted by Crippen LogP contribution is -1.95. The Kier molecular flexibility index (Phi) is 6.00. The highest BCUT2D eigenvalue weighted by Crippen LogP contribution is 2.23. The van der Waals surface area contributed by atoms with Crippen molar-refractivity contribution in [3.63, 3.8) is 0 Å². The number of Topliss-reactive ketones (excluding diaryl/α,β-unsaturated/α-hetero) is 1. The van der Waals surface area contributed by atoms with E-state index in [2.05, 4.69) is 36.4 Å². The average Bonchev–Trinajstić information content (AvgIpc) is 2.87. The molecule has 0 amide bonds. The Hall–Kier alpha value is -1.41. The third kappa shape index (κ3) is 4.93. The van der Waals surface area contributed by atoms with Crippen LogP contribution in [0.2, 0.25) is 0 Å². The topological polar surface area (TPSA) is 26.3 Å². The van der Waals surface area contributed by atoms with Gasteiger partial charge in [-0.15, -0.1) is 0 Å². The molecule has 0 spiro atoms. The fourth-order valence-electron chi connectivity index (χ4n) is 2.71. The van der Waals surface area contributed by atoms with Gasteiger partial charge in [-0.1, -0.05) is 36.4 Å². The van der Waals surface area contributed by atoms with Crippen LogP contribution in [0.4, 0.5) is 0 Å². The van der Waals surface area contributed by atoms with Crippen molar-refractivity contribution in [1.82, 2.24) is 0 Å². The van der Waals surface area contributed by atoms with Crippen LogP contribution in [-0.4, -0.2) is 19.5 Å². The first-order valence-corrected chi connectivity index (χ1v) is 7.53. The maximum Gasteiger partial charge on any atom is 0.133 e. The number of rotatable bonds is 7. The molecule has 2 heteroatoms. The molecule has 0 aliphatic heterocycles. The molecule has 0 N–H and O–H groups in total. The van der Waals surface area contributed by atoms with Gasteiger partial charge in [0.05, 0.1) is 6.61 Å². The minimum absolute atomic E-state index is 0.422. The summed E-state index contributed by atoms with van der Waals surface area (Å²) in [5.41, 5.74) is 2.72. The van der Waals surface area contributed by atoms with Crippen LogP contribution in [0.3, 0.4) is 0 Å². The molecule has 2 nitrogen and oxygen atoms in total. The van der Waals surface area contributed by atoms with E-state index in [1.165, 1.54) is 11.1 Å². The Labute approximate surface area is 121 Å². The third-order valence-corrected chi connectivity index (χ3v) is 3.88. The van der Waals surface area contributed by atoms with Crippen LogP contribution in [0, 0.1) is 5.92 Å². The number of carbonyl (C=O) groups is 1. The first kappa shape index (κ1) is 15.0. The fraction of sp³-hybridized carbons (Fsp3) is 0.500. The first-order valence-electron chi connectivity index (χ1n) is 7.53. The van der Waals surface area contributed by atoms with E-state index < -0.39 is 0 Å². The van der Waals surface area contributed by atoms with E-state index in [-0.39, 0.29) is 0 Å². The molecule has 0 unspecified atom stereocenters. The van der Waals surface area contributed by atoms with Crippen molar-refractivity contribution >= 4 is 5.78 Å². The van der Waals surface area contributed by atoms with Gasteiger partial charge in [-0.05, 0) is 42.7 Å². The van der Waals surface area contributed by atoms with E-state index in [1.54, 1.807) is 7.11 Å². The van der Waals surface area contributed by atoms with Crippen molar-refractivity contribution < 1.29 is 9.53 Å².